The number of hydrogen-bond donors (Lipinski definition) is 1. The van der Waals surface area contributed by atoms with E-state index in [0.717, 1.165) is 39.8 Å². The Bertz CT molecular complexity index is 1470. The molecule has 1 saturated heterocycles. The lowest BCUT2D eigenvalue weighted by Crippen LogP contribution is -2.29. The standard InChI is InChI=1S/C28H26Cl2N4O2S/c1-16-13-20(17(2)33(16)23-14-18(29)8-10-25(23)36-4)27-26(22-7-5-6-12-31-22)32-28(37)34(27)19-9-11-24(35-3)21(30)15-19/h5-15,26-27H,1-4H3,(H,32,37). The molecule has 1 aliphatic rings. The molecule has 1 N–H and O–H groups in total. The van der Waals surface area contributed by atoms with Crippen LogP contribution in [0.4, 0.5) is 5.69 Å². The van der Waals surface area contributed by atoms with Gasteiger partial charge in [-0.1, -0.05) is 29.3 Å². The zero-order chi connectivity index (χ0) is 26.3. The Hall–Kier alpha value is -3.26. The predicted molar refractivity (Wildman–Crippen MR) is 153 cm³/mol. The molecular formula is C28H26Cl2N4O2S. The molecule has 0 radical (unpaired) electrons. The first kappa shape index (κ1) is 25.4. The third-order valence-corrected chi connectivity index (χ3v) is 7.53. The maximum atomic E-state index is 6.53. The third kappa shape index (κ3) is 4.52. The molecular weight excluding hydrogens is 527 g/mol. The molecule has 2 atom stereocenters. The van der Waals surface area contributed by atoms with Crippen LogP contribution in [0.25, 0.3) is 5.69 Å². The normalized spacial score (nSPS) is 17.1. The summed E-state index contributed by atoms with van der Waals surface area (Å²) in [5.74, 6) is 1.34. The van der Waals surface area contributed by atoms with E-state index in [1.54, 1.807) is 20.4 Å². The summed E-state index contributed by atoms with van der Waals surface area (Å²) < 4.78 is 13.2. The summed E-state index contributed by atoms with van der Waals surface area (Å²) in [6, 6.07) is 19.0. The summed E-state index contributed by atoms with van der Waals surface area (Å²) in [7, 11) is 3.26. The Labute approximate surface area is 231 Å². The molecule has 6 nitrogen and oxygen atoms in total. The van der Waals surface area contributed by atoms with Crippen LogP contribution in [0, 0.1) is 13.8 Å². The quantitative estimate of drug-likeness (QED) is 0.260. The SMILES string of the molecule is COc1ccc(N2C(=S)NC(c3ccccn3)C2c2cc(C)n(-c3cc(Cl)ccc3OC)c2C)cc1Cl. The fourth-order valence-electron chi connectivity index (χ4n) is 5.05. The van der Waals surface area contributed by atoms with Crippen molar-refractivity contribution >= 4 is 46.2 Å². The van der Waals surface area contributed by atoms with E-state index in [1.165, 1.54) is 0 Å². The summed E-state index contributed by atoms with van der Waals surface area (Å²) in [6.45, 7) is 4.17. The summed E-state index contributed by atoms with van der Waals surface area (Å²) in [5, 5.41) is 5.24. The van der Waals surface area contributed by atoms with Crippen molar-refractivity contribution in [3.8, 4) is 17.2 Å². The Morgan fingerprint density at radius 2 is 1.70 bits per heavy atom. The highest BCUT2D eigenvalue weighted by molar-refractivity contribution is 7.80. The number of benzene rings is 2. The first-order chi connectivity index (χ1) is 17.8. The summed E-state index contributed by atoms with van der Waals surface area (Å²) in [5.41, 5.74) is 5.80. The zero-order valence-corrected chi connectivity index (χ0v) is 23.2. The Morgan fingerprint density at radius 1 is 0.946 bits per heavy atom. The van der Waals surface area contributed by atoms with Crippen LogP contribution in [-0.4, -0.2) is 28.9 Å². The molecule has 0 saturated carbocycles. The molecule has 0 amide bonds. The van der Waals surface area contributed by atoms with Crippen molar-refractivity contribution in [1.82, 2.24) is 14.9 Å². The van der Waals surface area contributed by atoms with E-state index in [1.807, 2.05) is 54.6 Å². The fraction of sp³-hybridized carbons (Fsp3) is 0.214. The maximum Gasteiger partial charge on any atom is 0.174 e. The number of ether oxygens (including phenoxy) is 2. The number of thiocarbonyl (C=S) groups is 1. The van der Waals surface area contributed by atoms with Crippen LogP contribution in [0.1, 0.15) is 34.7 Å². The number of nitrogens with zero attached hydrogens (tertiary/aromatic N) is 3. The highest BCUT2D eigenvalue weighted by atomic mass is 35.5. The number of anilines is 1. The van der Waals surface area contributed by atoms with Gasteiger partial charge in [0.05, 0.1) is 42.7 Å². The second kappa shape index (κ2) is 10.2. The fourth-order valence-corrected chi connectivity index (χ4v) is 5.81. The minimum atomic E-state index is -0.197. The second-order valence-electron chi connectivity index (χ2n) is 8.79. The highest BCUT2D eigenvalue weighted by Gasteiger charge is 2.42. The summed E-state index contributed by atoms with van der Waals surface area (Å²) in [4.78, 5) is 6.76. The molecule has 2 unspecified atom stereocenters. The smallest absolute Gasteiger partial charge is 0.174 e. The van der Waals surface area contributed by atoms with Gasteiger partial charge >= 0.3 is 0 Å². The molecule has 3 heterocycles. The first-order valence-corrected chi connectivity index (χ1v) is 12.9. The van der Waals surface area contributed by atoms with E-state index >= 15 is 0 Å². The Morgan fingerprint density at radius 3 is 2.38 bits per heavy atom. The summed E-state index contributed by atoms with van der Waals surface area (Å²) >= 11 is 18.8. The van der Waals surface area contributed by atoms with Gasteiger partial charge < -0.3 is 24.3 Å². The number of hydrogen-bond acceptors (Lipinski definition) is 4. The molecule has 5 rings (SSSR count). The molecule has 37 heavy (non-hydrogen) atoms. The lowest BCUT2D eigenvalue weighted by atomic mass is 9.96. The average molecular weight is 554 g/mol. The molecule has 0 aliphatic carbocycles. The van der Waals surface area contributed by atoms with Crippen LogP contribution in [0.3, 0.4) is 0 Å². The predicted octanol–water partition coefficient (Wildman–Crippen LogP) is 6.99. The third-order valence-electron chi connectivity index (χ3n) is 6.68. The molecule has 2 aromatic carbocycles. The number of aryl methyl sites for hydroxylation is 1. The molecule has 2 aromatic heterocycles. The molecule has 190 valence electrons. The van der Waals surface area contributed by atoms with Gasteiger partial charge in [-0.2, -0.15) is 0 Å². The van der Waals surface area contributed by atoms with Gasteiger partial charge in [-0.05, 0) is 86.2 Å². The van der Waals surface area contributed by atoms with Crippen molar-refractivity contribution in [1.29, 1.82) is 0 Å². The molecule has 1 aliphatic heterocycles. The number of aromatic nitrogens is 2. The van der Waals surface area contributed by atoms with Gasteiger partial charge in [-0.25, -0.2) is 0 Å². The summed E-state index contributed by atoms with van der Waals surface area (Å²) in [6.07, 6.45) is 1.80. The highest BCUT2D eigenvalue weighted by Crippen LogP contribution is 2.45. The van der Waals surface area contributed by atoms with Crippen LogP contribution in [0.15, 0.2) is 66.9 Å². The van der Waals surface area contributed by atoms with Gasteiger partial charge in [-0.3, -0.25) is 4.98 Å². The molecule has 9 heteroatoms. The van der Waals surface area contributed by atoms with E-state index in [9.17, 15) is 0 Å². The van der Waals surface area contributed by atoms with Gasteiger partial charge in [0.25, 0.3) is 0 Å². The van der Waals surface area contributed by atoms with Gasteiger partial charge in [0, 0.05) is 28.3 Å². The van der Waals surface area contributed by atoms with Crippen LogP contribution >= 0.6 is 35.4 Å². The lowest BCUT2D eigenvalue weighted by Gasteiger charge is -2.28. The van der Waals surface area contributed by atoms with Crippen molar-refractivity contribution in [3.05, 3.63) is 99.6 Å². The Balaban J connectivity index is 1.70. The lowest BCUT2D eigenvalue weighted by molar-refractivity contribution is 0.412. The largest absolute Gasteiger partial charge is 0.495 e. The van der Waals surface area contributed by atoms with Crippen molar-refractivity contribution in [3.63, 3.8) is 0 Å². The van der Waals surface area contributed by atoms with Crippen LogP contribution in [0.2, 0.25) is 10.0 Å². The van der Waals surface area contributed by atoms with Crippen molar-refractivity contribution in [2.75, 3.05) is 19.1 Å². The number of rotatable bonds is 6. The van der Waals surface area contributed by atoms with E-state index in [0.29, 0.717) is 20.9 Å². The zero-order valence-electron chi connectivity index (χ0n) is 20.8. The second-order valence-corrected chi connectivity index (χ2v) is 10.0. The first-order valence-electron chi connectivity index (χ1n) is 11.7. The van der Waals surface area contributed by atoms with Gasteiger partial charge in [0.1, 0.15) is 11.5 Å². The minimum Gasteiger partial charge on any atom is -0.495 e. The van der Waals surface area contributed by atoms with E-state index in [4.69, 9.17) is 44.9 Å². The van der Waals surface area contributed by atoms with Crippen molar-refractivity contribution in [2.24, 2.45) is 0 Å². The van der Waals surface area contributed by atoms with Crippen molar-refractivity contribution in [2.45, 2.75) is 25.9 Å². The van der Waals surface area contributed by atoms with Gasteiger partial charge in [0.2, 0.25) is 0 Å². The maximum absolute atomic E-state index is 6.53. The molecule has 4 aromatic rings. The van der Waals surface area contributed by atoms with Crippen LogP contribution < -0.4 is 19.7 Å². The van der Waals surface area contributed by atoms with Crippen LogP contribution in [0.5, 0.6) is 11.5 Å². The molecule has 1 fully saturated rings. The topological polar surface area (TPSA) is 51.5 Å². The van der Waals surface area contributed by atoms with E-state index in [2.05, 4.69) is 39.7 Å². The van der Waals surface area contributed by atoms with Crippen LogP contribution in [-0.2, 0) is 0 Å². The van der Waals surface area contributed by atoms with E-state index < -0.39 is 0 Å². The van der Waals surface area contributed by atoms with Crippen molar-refractivity contribution < 1.29 is 9.47 Å². The van der Waals surface area contributed by atoms with Gasteiger partial charge in [0.15, 0.2) is 5.11 Å². The minimum absolute atomic E-state index is 0.190. The molecule has 0 spiro atoms. The Kier molecular flexibility index (Phi) is 7.03. The number of nitrogens with one attached hydrogen (secondary N) is 1. The monoisotopic (exact) mass is 552 g/mol. The molecule has 0 bridgehead atoms. The number of pyridine rings is 1. The van der Waals surface area contributed by atoms with Gasteiger partial charge in [-0.15, -0.1) is 0 Å². The number of methoxy groups -OCH3 is 2. The number of halogens is 2. The average Bonchev–Trinajstić information content (AvgIpc) is 3.39. The van der Waals surface area contributed by atoms with E-state index in [-0.39, 0.29) is 12.1 Å².